The van der Waals surface area contributed by atoms with Crippen LogP contribution in [-0.2, 0) is 4.74 Å². The largest absolute Gasteiger partial charge is 0.370 e. The monoisotopic (exact) mass is 323 g/mol. The van der Waals surface area contributed by atoms with E-state index in [0.29, 0.717) is 18.2 Å². The average molecular weight is 323 g/mol. The number of aliphatic imine (C=N–C) groups is 1. The fraction of sp³-hybridized carbons (Fsp3) is 0.500. The molecule has 4 nitrogen and oxygen atoms in total. The second kappa shape index (κ2) is 6.78. The summed E-state index contributed by atoms with van der Waals surface area (Å²) in [5.74, 6) is 12.7. The maximum Gasteiger partial charge on any atom is 0.108 e. The lowest BCUT2D eigenvalue weighted by Crippen LogP contribution is -2.47. The van der Waals surface area contributed by atoms with E-state index in [1.54, 1.807) is 6.21 Å². The summed E-state index contributed by atoms with van der Waals surface area (Å²) >= 11 is 0. The lowest BCUT2D eigenvalue weighted by molar-refractivity contribution is -0.178. The van der Waals surface area contributed by atoms with Crippen LogP contribution in [0.5, 0.6) is 0 Å². The molecular formula is C20H25N3O. The maximum atomic E-state index is 5.74. The number of benzene rings is 1. The van der Waals surface area contributed by atoms with E-state index in [2.05, 4.69) is 41.8 Å². The molecule has 0 amide bonds. The molecule has 0 aromatic heterocycles. The van der Waals surface area contributed by atoms with Crippen LogP contribution in [-0.4, -0.2) is 30.2 Å². The molecule has 1 unspecified atom stereocenters. The number of nitrogens with two attached hydrogens (primary N) is 1. The summed E-state index contributed by atoms with van der Waals surface area (Å²) in [6.07, 6.45) is 5.47. The highest BCUT2D eigenvalue weighted by Crippen LogP contribution is 2.31. The zero-order valence-corrected chi connectivity index (χ0v) is 14.7. The van der Waals surface area contributed by atoms with Crippen LogP contribution in [0.3, 0.4) is 0 Å². The third-order valence-corrected chi connectivity index (χ3v) is 4.37. The fourth-order valence-electron chi connectivity index (χ4n) is 2.96. The van der Waals surface area contributed by atoms with Gasteiger partial charge in [0, 0.05) is 29.7 Å². The van der Waals surface area contributed by atoms with Gasteiger partial charge in [-0.25, -0.2) is 0 Å². The van der Waals surface area contributed by atoms with Gasteiger partial charge >= 0.3 is 0 Å². The number of nitrogens with zero attached hydrogens (tertiary/aromatic N) is 2. The van der Waals surface area contributed by atoms with Crippen LogP contribution in [0.25, 0.3) is 0 Å². The molecule has 2 aliphatic rings. The zero-order valence-electron chi connectivity index (χ0n) is 14.7. The first-order valence-electron chi connectivity index (χ1n) is 8.55. The van der Waals surface area contributed by atoms with Crippen molar-refractivity contribution in [2.45, 2.75) is 51.7 Å². The van der Waals surface area contributed by atoms with Crippen molar-refractivity contribution < 1.29 is 4.74 Å². The van der Waals surface area contributed by atoms with Gasteiger partial charge < -0.3 is 10.6 Å². The third-order valence-electron chi connectivity index (χ3n) is 4.37. The first-order valence-corrected chi connectivity index (χ1v) is 8.55. The predicted octanol–water partition coefficient (Wildman–Crippen LogP) is 3.06. The van der Waals surface area contributed by atoms with Crippen molar-refractivity contribution in [1.82, 2.24) is 0 Å². The lowest BCUT2D eigenvalue weighted by Gasteiger charge is -2.42. The van der Waals surface area contributed by atoms with E-state index in [4.69, 9.17) is 10.6 Å². The van der Waals surface area contributed by atoms with Gasteiger partial charge in [0.2, 0.25) is 0 Å². The zero-order chi connectivity index (χ0) is 17.2. The molecule has 1 aliphatic heterocycles. The highest BCUT2D eigenvalue weighted by atomic mass is 16.5. The molecule has 1 saturated carbocycles. The topological polar surface area (TPSA) is 60.0 Å². The molecule has 126 valence electrons. The van der Waals surface area contributed by atoms with Gasteiger partial charge in [0.15, 0.2) is 0 Å². The van der Waals surface area contributed by atoms with Gasteiger partial charge in [-0.15, -0.1) is 0 Å². The quantitative estimate of drug-likeness (QED) is 0.401. The van der Waals surface area contributed by atoms with Crippen molar-refractivity contribution in [3.63, 3.8) is 0 Å². The van der Waals surface area contributed by atoms with E-state index < -0.39 is 0 Å². The molecule has 0 radical (unpaired) electrons. The fourth-order valence-corrected chi connectivity index (χ4v) is 2.96. The minimum atomic E-state index is -0.00110. The Labute approximate surface area is 144 Å². The molecule has 24 heavy (non-hydrogen) atoms. The normalized spacial score (nSPS) is 22.8. The molecule has 1 aromatic carbocycles. The highest BCUT2D eigenvalue weighted by molar-refractivity contribution is 6.38. The van der Waals surface area contributed by atoms with Crippen LogP contribution >= 0.6 is 0 Å². The Kier molecular flexibility index (Phi) is 4.73. The van der Waals surface area contributed by atoms with Crippen LogP contribution in [0, 0.1) is 24.7 Å². The molecular weight excluding hydrogens is 298 g/mol. The minimum absolute atomic E-state index is 0.00110. The van der Waals surface area contributed by atoms with E-state index in [1.165, 1.54) is 12.8 Å². The Hall–Kier alpha value is -2.12. The second-order valence-electron chi connectivity index (χ2n) is 7.29. The summed E-state index contributed by atoms with van der Waals surface area (Å²) < 4.78 is 5.74. The summed E-state index contributed by atoms with van der Waals surface area (Å²) in [4.78, 5) is 4.45. The van der Waals surface area contributed by atoms with Gasteiger partial charge in [-0.1, -0.05) is 17.9 Å². The highest BCUT2D eigenvalue weighted by Gasteiger charge is 2.36. The predicted molar refractivity (Wildman–Crippen MR) is 98.4 cm³/mol. The Morgan fingerprint density at radius 1 is 1.42 bits per heavy atom. The van der Waals surface area contributed by atoms with Crippen LogP contribution in [0.2, 0.25) is 0 Å². The van der Waals surface area contributed by atoms with E-state index in [-0.39, 0.29) is 11.7 Å². The van der Waals surface area contributed by atoms with Crippen molar-refractivity contribution in [1.29, 1.82) is 0 Å². The van der Waals surface area contributed by atoms with Crippen molar-refractivity contribution in [2.75, 3.05) is 6.54 Å². The Morgan fingerprint density at radius 3 is 2.75 bits per heavy atom. The summed E-state index contributed by atoms with van der Waals surface area (Å²) in [6.45, 7) is 6.88. The number of hydrazone groups is 1. The lowest BCUT2D eigenvalue weighted by atomic mass is 9.93. The van der Waals surface area contributed by atoms with Crippen molar-refractivity contribution in [3.8, 4) is 11.8 Å². The number of ether oxygens (including phenoxy) is 1. The van der Waals surface area contributed by atoms with Gasteiger partial charge in [-0.2, -0.15) is 5.10 Å². The standard InChI is InChI=1S/C20H25N3O/c1-14-10-16(7-6-15-4-5-15)8-9-18(14)19(23-21)13-22-12-17-11-20(2,3)24-17/h8-10,13,15,17H,4-5,11-12,21H2,1-3H3/b22-13?,23-19+. The number of hydrogen-bond acceptors (Lipinski definition) is 4. The Bertz CT molecular complexity index is 725. The maximum absolute atomic E-state index is 5.74. The van der Waals surface area contributed by atoms with Gasteiger partial charge in [0.25, 0.3) is 0 Å². The molecule has 2 fully saturated rings. The number of hydrogen-bond donors (Lipinski definition) is 1. The molecule has 0 bridgehead atoms. The summed E-state index contributed by atoms with van der Waals surface area (Å²) in [5, 5.41) is 3.89. The molecule has 1 aromatic rings. The van der Waals surface area contributed by atoms with Crippen LogP contribution in [0.15, 0.2) is 28.3 Å². The molecule has 1 heterocycles. The van der Waals surface area contributed by atoms with Crippen molar-refractivity contribution in [2.24, 2.45) is 21.9 Å². The SMILES string of the molecule is Cc1cc(C#CC2CC2)ccc1/C(C=NCC1CC(C)(C)O1)=N/N. The van der Waals surface area contributed by atoms with Crippen molar-refractivity contribution >= 4 is 11.9 Å². The van der Waals surface area contributed by atoms with Crippen LogP contribution in [0.1, 0.15) is 49.8 Å². The minimum Gasteiger partial charge on any atom is -0.370 e. The van der Waals surface area contributed by atoms with Gasteiger partial charge in [0.1, 0.15) is 5.71 Å². The van der Waals surface area contributed by atoms with Gasteiger partial charge in [0.05, 0.1) is 18.2 Å². The van der Waals surface area contributed by atoms with E-state index in [1.807, 2.05) is 19.1 Å². The van der Waals surface area contributed by atoms with Gasteiger partial charge in [-0.05, 0) is 51.3 Å². The Balaban J connectivity index is 1.64. The van der Waals surface area contributed by atoms with E-state index in [9.17, 15) is 0 Å². The third kappa shape index (κ3) is 4.24. The molecule has 4 heteroatoms. The molecule has 0 spiro atoms. The van der Waals surface area contributed by atoms with E-state index in [0.717, 1.165) is 23.1 Å². The first-order chi connectivity index (χ1) is 11.5. The molecule has 1 atom stereocenters. The summed E-state index contributed by atoms with van der Waals surface area (Å²) in [7, 11) is 0. The summed E-state index contributed by atoms with van der Waals surface area (Å²) in [6, 6.07) is 6.13. The Morgan fingerprint density at radius 2 is 2.17 bits per heavy atom. The average Bonchev–Trinajstić information content (AvgIpc) is 3.33. The smallest absolute Gasteiger partial charge is 0.108 e. The van der Waals surface area contributed by atoms with E-state index >= 15 is 0 Å². The molecule has 2 N–H and O–H groups in total. The molecule has 3 rings (SSSR count). The van der Waals surface area contributed by atoms with Crippen molar-refractivity contribution in [3.05, 3.63) is 34.9 Å². The number of rotatable bonds is 4. The molecule has 1 aliphatic carbocycles. The molecule has 1 saturated heterocycles. The van der Waals surface area contributed by atoms with Crippen LogP contribution < -0.4 is 5.84 Å². The number of aryl methyl sites for hydroxylation is 1. The van der Waals surface area contributed by atoms with Crippen LogP contribution in [0.4, 0.5) is 0 Å². The second-order valence-corrected chi connectivity index (χ2v) is 7.29. The summed E-state index contributed by atoms with van der Waals surface area (Å²) in [5.41, 5.74) is 3.83. The van der Waals surface area contributed by atoms with Gasteiger partial charge in [-0.3, -0.25) is 4.99 Å². The first kappa shape index (κ1) is 16.7.